The van der Waals surface area contributed by atoms with Crippen molar-refractivity contribution in [1.82, 2.24) is 15.2 Å². The highest BCUT2D eigenvalue weighted by molar-refractivity contribution is 7.09. The van der Waals surface area contributed by atoms with E-state index < -0.39 is 0 Å². The van der Waals surface area contributed by atoms with Crippen molar-refractivity contribution < 1.29 is 0 Å². The van der Waals surface area contributed by atoms with Gasteiger partial charge in [0.25, 0.3) is 0 Å². The van der Waals surface area contributed by atoms with E-state index in [0.717, 1.165) is 5.92 Å². The largest absolute Gasteiger partial charge is 0.316 e. The molecule has 1 fully saturated rings. The van der Waals surface area contributed by atoms with Crippen molar-refractivity contribution in [3.05, 3.63) is 16.6 Å². The summed E-state index contributed by atoms with van der Waals surface area (Å²) in [5, 5.41) is 6.76. The lowest BCUT2D eigenvalue weighted by atomic mass is 9.99. The van der Waals surface area contributed by atoms with E-state index in [0.29, 0.717) is 6.04 Å². The summed E-state index contributed by atoms with van der Waals surface area (Å²) in [7, 11) is 2.21. The van der Waals surface area contributed by atoms with Crippen molar-refractivity contribution in [3.63, 3.8) is 0 Å². The van der Waals surface area contributed by atoms with Crippen LogP contribution >= 0.6 is 11.3 Å². The lowest BCUT2D eigenvalue weighted by Gasteiger charge is -2.30. The first kappa shape index (κ1) is 12.0. The summed E-state index contributed by atoms with van der Waals surface area (Å²) in [6.07, 6.45) is 4.58. The highest BCUT2D eigenvalue weighted by Gasteiger charge is 2.19. The van der Waals surface area contributed by atoms with E-state index in [9.17, 15) is 0 Å². The number of thiazole rings is 1. The predicted octanol–water partition coefficient (Wildman–Crippen LogP) is 2.14. The van der Waals surface area contributed by atoms with Gasteiger partial charge in [-0.2, -0.15) is 0 Å². The second-order valence-corrected chi connectivity index (χ2v) is 5.62. The molecule has 1 aromatic heterocycles. The molecule has 0 radical (unpaired) electrons. The van der Waals surface area contributed by atoms with Crippen molar-refractivity contribution in [2.75, 3.05) is 26.7 Å². The number of hydrogen-bond acceptors (Lipinski definition) is 4. The maximum atomic E-state index is 4.39. The van der Waals surface area contributed by atoms with Crippen LogP contribution in [0.3, 0.4) is 0 Å². The van der Waals surface area contributed by atoms with Gasteiger partial charge in [-0.15, -0.1) is 11.3 Å². The van der Waals surface area contributed by atoms with Crippen LogP contribution in [0.1, 0.15) is 30.8 Å². The fourth-order valence-corrected chi connectivity index (χ4v) is 3.03. The van der Waals surface area contributed by atoms with E-state index >= 15 is 0 Å². The van der Waals surface area contributed by atoms with Crippen LogP contribution in [0.4, 0.5) is 0 Å². The Labute approximate surface area is 102 Å². The minimum atomic E-state index is 0.446. The summed E-state index contributed by atoms with van der Waals surface area (Å²) in [6.45, 7) is 5.79. The molecule has 1 saturated heterocycles. The molecule has 3 nitrogen and oxygen atoms in total. The third kappa shape index (κ3) is 3.03. The molecular formula is C12H21N3S. The smallest absolute Gasteiger partial charge is 0.109 e. The maximum absolute atomic E-state index is 4.39. The average molecular weight is 239 g/mol. The summed E-state index contributed by atoms with van der Waals surface area (Å²) in [5.74, 6) is 0.807. The molecule has 4 heteroatoms. The van der Waals surface area contributed by atoms with Crippen LogP contribution in [0.2, 0.25) is 0 Å². The lowest BCUT2D eigenvalue weighted by molar-refractivity contribution is 0.199. The van der Waals surface area contributed by atoms with Crippen LogP contribution in [0.25, 0.3) is 0 Å². The van der Waals surface area contributed by atoms with Crippen molar-refractivity contribution in [3.8, 4) is 0 Å². The molecular weight excluding hydrogens is 218 g/mol. The Morgan fingerprint density at radius 1 is 1.69 bits per heavy atom. The van der Waals surface area contributed by atoms with Gasteiger partial charge >= 0.3 is 0 Å². The van der Waals surface area contributed by atoms with Crippen LogP contribution in [0.5, 0.6) is 0 Å². The summed E-state index contributed by atoms with van der Waals surface area (Å²) < 4.78 is 0. The molecule has 2 heterocycles. The molecule has 16 heavy (non-hydrogen) atoms. The summed E-state index contributed by atoms with van der Waals surface area (Å²) >= 11 is 1.75. The van der Waals surface area contributed by atoms with E-state index in [-0.39, 0.29) is 0 Å². The summed E-state index contributed by atoms with van der Waals surface area (Å²) in [6, 6.07) is 0.446. The Kier molecular flexibility index (Phi) is 4.32. The molecule has 2 atom stereocenters. The average Bonchev–Trinajstić information content (AvgIpc) is 2.83. The van der Waals surface area contributed by atoms with Gasteiger partial charge in [-0.1, -0.05) is 0 Å². The molecule has 0 spiro atoms. The van der Waals surface area contributed by atoms with Gasteiger partial charge in [-0.05, 0) is 45.8 Å². The molecule has 0 saturated carbocycles. The first-order valence-corrected chi connectivity index (χ1v) is 6.95. The minimum Gasteiger partial charge on any atom is -0.316 e. The first-order valence-electron chi connectivity index (χ1n) is 6.07. The molecule has 1 aromatic rings. The molecule has 0 unspecified atom stereocenters. The standard InChI is InChI=1S/C12H21N3S/c1-10(12-14-6-7-16-12)15(2)9-11-4-3-5-13-8-11/h6-7,10-11,13H,3-5,8-9H2,1-2H3/t10-,11-/m0/s1. The van der Waals surface area contributed by atoms with Crippen LogP contribution in [-0.2, 0) is 0 Å². The van der Waals surface area contributed by atoms with Crippen LogP contribution < -0.4 is 5.32 Å². The van der Waals surface area contributed by atoms with Gasteiger partial charge in [0, 0.05) is 18.1 Å². The Bertz CT molecular complexity index is 293. The van der Waals surface area contributed by atoms with Gasteiger partial charge in [-0.3, -0.25) is 4.90 Å². The van der Waals surface area contributed by atoms with Crippen molar-refractivity contribution in [1.29, 1.82) is 0 Å². The second-order valence-electron chi connectivity index (χ2n) is 4.70. The third-order valence-electron chi connectivity index (χ3n) is 3.42. The topological polar surface area (TPSA) is 28.2 Å². The van der Waals surface area contributed by atoms with Gasteiger partial charge in [0.15, 0.2) is 0 Å². The molecule has 1 N–H and O–H groups in total. The maximum Gasteiger partial charge on any atom is 0.109 e. The Hall–Kier alpha value is -0.450. The Morgan fingerprint density at radius 2 is 2.56 bits per heavy atom. The van der Waals surface area contributed by atoms with Crippen LogP contribution in [-0.4, -0.2) is 36.6 Å². The van der Waals surface area contributed by atoms with E-state index in [1.807, 2.05) is 6.20 Å². The molecule has 0 aliphatic carbocycles. The molecule has 0 amide bonds. The highest BCUT2D eigenvalue weighted by Crippen LogP contribution is 2.22. The van der Waals surface area contributed by atoms with Gasteiger partial charge in [0.1, 0.15) is 5.01 Å². The number of piperidine rings is 1. The van der Waals surface area contributed by atoms with Gasteiger partial charge in [0.2, 0.25) is 0 Å². The summed E-state index contributed by atoms with van der Waals surface area (Å²) in [4.78, 5) is 6.82. The second kappa shape index (κ2) is 5.75. The van der Waals surface area contributed by atoms with E-state index in [1.54, 1.807) is 11.3 Å². The monoisotopic (exact) mass is 239 g/mol. The third-order valence-corrected chi connectivity index (χ3v) is 4.36. The van der Waals surface area contributed by atoms with Gasteiger partial charge < -0.3 is 5.32 Å². The number of hydrogen-bond donors (Lipinski definition) is 1. The van der Waals surface area contributed by atoms with Crippen molar-refractivity contribution in [2.24, 2.45) is 5.92 Å². The van der Waals surface area contributed by atoms with E-state index in [1.165, 1.54) is 37.5 Å². The molecule has 0 bridgehead atoms. The predicted molar refractivity (Wildman–Crippen MR) is 68.8 cm³/mol. The molecule has 1 aliphatic rings. The van der Waals surface area contributed by atoms with Gasteiger partial charge in [0.05, 0.1) is 6.04 Å². The van der Waals surface area contributed by atoms with E-state index in [2.05, 4.69) is 34.6 Å². The minimum absolute atomic E-state index is 0.446. The highest BCUT2D eigenvalue weighted by atomic mass is 32.1. The quantitative estimate of drug-likeness (QED) is 0.872. The van der Waals surface area contributed by atoms with Crippen LogP contribution in [0, 0.1) is 5.92 Å². The lowest BCUT2D eigenvalue weighted by Crippen LogP contribution is -2.37. The fraction of sp³-hybridized carbons (Fsp3) is 0.750. The van der Waals surface area contributed by atoms with Gasteiger partial charge in [-0.25, -0.2) is 4.98 Å². The molecule has 1 aliphatic heterocycles. The number of aromatic nitrogens is 1. The SMILES string of the molecule is C[C@@H](c1nccs1)N(C)C[C@H]1CCCNC1. The normalized spacial score (nSPS) is 23.6. The Morgan fingerprint density at radius 3 is 3.19 bits per heavy atom. The fourth-order valence-electron chi connectivity index (χ4n) is 2.27. The van der Waals surface area contributed by atoms with Crippen LogP contribution in [0.15, 0.2) is 11.6 Å². The zero-order chi connectivity index (χ0) is 11.4. The zero-order valence-electron chi connectivity index (χ0n) is 10.1. The Balaban J connectivity index is 1.84. The number of rotatable bonds is 4. The first-order chi connectivity index (χ1) is 7.77. The number of nitrogens with one attached hydrogen (secondary N) is 1. The summed E-state index contributed by atoms with van der Waals surface area (Å²) in [5.41, 5.74) is 0. The van der Waals surface area contributed by atoms with E-state index in [4.69, 9.17) is 0 Å². The number of nitrogens with zero attached hydrogens (tertiary/aromatic N) is 2. The van der Waals surface area contributed by atoms with Crippen molar-refractivity contribution >= 4 is 11.3 Å². The molecule has 0 aromatic carbocycles. The zero-order valence-corrected chi connectivity index (χ0v) is 11.0. The van der Waals surface area contributed by atoms with Crippen molar-refractivity contribution in [2.45, 2.75) is 25.8 Å². The molecule has 2 rings (SSSR count). The molecule has 90 valence electrons.